The molecule has 0 saturated heterocycles. The molecule has 1 aliphatic heterocycles. The van der Waals surface area contributed by atoms with Gasteiger partial charge >= 0.3 is 0 Å². The maximum atomic E-state index is 4.13. The van der Waals surface area contributed by atoms with Crippen LogP contribution in [-0.4, -0.2) is 11.7 Å². The van der Waals surface area contributed by atoms with Crippen molar-refractivity contribution in [1.82, 2.24) is 5.53 Å². The van der Waals surface area contributed by atoms with Crippen molar-refractivity contribution in [2.24, 2.45) is 5.10 Å². The molecule has 2 aromatic carbocycles. The Labute approximate surface area is 99.5 Å². The third kappa shape index (κ3) is 1.98. The first kappa shape index (κ1) is 11.2. The zero-order valence-corrected chi connectivity index (χ0v) is 9.17. The monoisotopic (exact) mass is 227 g/mol. The number of hydrazone groups is 1. The van der Waals surface area contributed by atoms with Gasteiger partial charge in [-0.05, 0) is 18.2 Å². The standard InChI is InChI=1S/C13H11N3.H2O/c1-2-7-12(8-3-1)16-13-9-5-4-6-11(13)10-14-15-16;/h1-10,15H;1H2. The van der Waals surface area contributed by atoms with Gasteiger partial charge in [0.05, 0.1) is 17.6 Å². The minimum atomic E-state index is 0. The van der Waals surface area contributed by atoms with Crippen molar-refractivity contribution < 1.29 is 5.48 Å². The number of nitrogens with one attached hydrogen (secondary N) is 1. The molecule has 0 radical (unpaired) electrons. The molecule has 0 aliphatic carbocycles. The van der Waals surface area contributed by atoms with E-state index in [-0.39, 0.29) is 5.48 Å². The molecule has 0 atom stereocenters. The lowest BCUT2D eigenvalue weighted by Crippen LogP contribution is -2.32. The van der Waals surface area contributed by atoms with Crippen molar-refractivity contribution in [3.05, 3.63) is 60.2 Å². The summed E-state index contributed by atoms with van der Waals surface area (Å²) >= 11 is 0. The summed E-state index contributed by atoms with van der Waals surface area (Å²) in [4.78, 5) is 0. The summed E-state index contributed by atoms with van der Waals surface area (Å²) in [6, 6.07) is 18.3. The van der Waals surface area contributed by atoms with Gasteiger partial charge in [-0.15, -0.1) is 0 Å². The summed E-state index contributed by atoms with van der Waals surface area (Å²) in [5.74, 6) is 0. The number of rotatable bonds is 1. The molecule has 0 saturated carbocycles. The molecule has 4 heteroatoms. The third-order valence-corrected chi connectivity index (χ3v) is 2.55. The Bertz CT molecular complexity index is 525. The summed E-state index contributed by atoms with van der Waals surface area (Å²) in [7, 11) is 0. The average Bonchev–Trinajstić information content (AvgIpc) is 2.39. The highest BCUT2D eigenvalue weighted by Crippen LogP contribution is 2.27. The van der Waals surface area contributed by atoms with E-state index in [1.54, 1.807) is 0 Å². The molecule has 1 heterocycles. The van der Waals surface area contributed by atoms with Crippen LogP contribution in [0.15, 0.2) is 59.7 Å². The van der Waals surface area contributed by atoms with E-state index >= 15 is 0 Å². The van der Waals surface area contributed by atoms with Crippen molar-refractivity contribution in [2.45, 2.75) is 0 Å². The highest BCUT2D eigenvalue weighted by molar-refractivity contribution is 5.90. The number of hydrogen-bond acceptors (Lipinski definition) is 3. The summed E-state index contributed by atoms with van der Waals surface area (Å²) < 4.78 is 0. The van der Waals surface area contributed by atoms with E-state index in [4.69, 9.17) is 0 Å². The molecular formula is C13H13N3O. The number of benzene rings is 2. The van der Waals surface area contributed by atoms with Gasteiger partial charge in [-0.25, -0.2) is 10.5 Å². The normalized spacial score (nSPS) is 12.4. The maximum Gasteiger partial charge on any atom is 0.0734 e. The van der Waals surface area contributed by atoms with Crippen molar-refractivity contribution in [3.8, 4) is 0 Å². The van der Waals surface area contributed by atoms with Gasteiger partial charge in [0.1, 0.15) is 0 Å². The molecular weight excluding hydrogens is 214 g/mol. The van der Waals surface area contributed by atoms with Crippen LogP contribution in [-0.2, 0) is 0 Å². The number of para-hydroxylation sites is 2. The molecule has 3 rings (SSSR count). The largest absolute Gasteiger partial charge is 0.412 e. The van der Waals surface area contributed by atoms with E-state index in [0.717, 1.165) is 16.9 Å². The molecule has 0 aromatic heterocycles. The van der Waals surface area contributed by atoms with Crippen LogP contribution in [0, 0.1) is 0 Å². The quantitative estimate of drug-likeness (QED) is 0.808. The Hall–Kier alpha value is -2.33. The van der Waals surface area contributed by atoms with E-state index in [1.165, 1.54) is 0 Å². The lowest BCUT2D eigenvalue weighted by Gasteiger charge is -2.27. The Kier molecular flexibility index (Phi) is 3.07. The van der Waals surface area contributed by atoms with Crippen molar-refractivity contribution >= 4 is 17.6 Å². The molecule has 0 amide bonds. The lowest BCUT2D eigenvalue weighted by molar-refractivity contribution is 0.753. The van der Waals surface area contributed by atoms with E-state index in [2.05, 4.69) is 22.8 Å². The maximum absolute atomic E-state index is 4.13. The van der Waals surface area contributed by atoms with Gasteiger partial charge in [-0.3, -0.25) is 0 Å². The van der Waals surface area contributed by atoms with Gasteiger partial charge in [0.2, 0.25) is 0 Å². The fourth-order valence-electron chi connectivity index (χ4n) is 1.78. The second-order valence-corrected chi connectivity index (χ2v) is 3.59. The zero-order chi connectivity index (χ0) is 10.8. The van der Waals surface area contributed by atoms with E-state index in [1.807, 2.05) is 53.7 Å². The Balaban J connectivity index is 0.00000108. The zero-order valence-electron chi connectivity index (χ0n) is 9.17. The van der Waals surface area contributed by atoms with Crippen LogP contribution in [0.2, 0.25) is 0 Å². The van der Waals surface area contributed by atoms with E-state index in [0.29, 0.717) is 0 Å². The van der Waals surface area contributed by atoms with Gasteiger partial charge in [0, 0.05) is 5.56 Å². The first-order valence-electron chi connectivity index (χ1n) is 5.18. The highest BCUT2D eigenvalue weighted by Gasteiger charge is 2.14. The Morgan fingerprint density at radius 3 is 2.41 bits per heavy atom. The molecule has 1 aliphatic rings. The second kappa shape index (κ2) is 4.67. The number of fused-ring (bicyclic) bond motifs is 1. The summed E-state index contributed by atoms with van der Waals surface area (Å²) in [5, 5.41) is 6.09. The second-order valence-electron chi connectivity index (χ2n) is 3.59. The SMILES string of the molecule is C1=NNN(c2ccccc2)c2ccccc21.O. The summed E-state index contributed by atoms with van der Waals surface area (Å²) in [5.41, 5.74) is 6.30. The Morgan fingerprint density at radius 1 is 0.882 bits per heavy atom. The number of nitrogens with zero attached hydrogens (tertiary/aromatic N) is 2. The third-order valence-electron chi connectivity index (χ3n) is 2.55. The number of hydrazine groups is 1. The molecule has 0 bridgehead atoms. The number of hydrogen-bond donors (Lipinski definition) is 1. The van der Waals surface area contributed by atoms with Crippen molar-refractivity contribution in [3.63, 3.8) is 0 Å². The van der Waals surface area contributed by atoms with Crippen LogP contribution < -0.4 is 10.5 Å². The van der Waals surface area contributed by atoms with Gasteiger partial charge in [0.15, 0.2) is 0 Å². The molecule has 86 valence electrons. The van der Waals surface area contributed by atoms with Crippen LogP contribution >= 0.6 is 0 Å². The van der Waals surface area contributed by atoms with Crippen LogP contribution in [0.5, 0.6) is 0 Å². The fraction of sp³-hybridized carbons (Fsp3) is 0. The Morgan fingerprint density at radius 2 is 1.59 bits per heavy atom. The predicted molar refractivity (Wildman–Crippen MR) is 69.4 cm³/mol. The van der Waals surface area contributed by atoms with Crippen LogP contribution in [0.3, 0.4) is 0 Å². The minimum absolute atomic E-state index is 0. The van der Waals surface area contributed by atoms with Gasteiger partial charge in [-0.2, -0.15) is 5.10 Å². The molecule has 2 aromatic rings. The lowest BCUT2D eigenvalue weighted by atomic mass is 10.1. The smallest absolute Gasteiger partial charge is 0.0734 e. The van der Waals surface area contributed by atoms with Gasteiger partial charge < -0.3 is 5.48 Å². The van der Waals surface area contributed by atoms with Crippen LogP contribution in [0.4, 0.5) is 11.4 Å². The first-order valence-corrected chi connectivity index (χ1v) is 5.18. The summed E-state index contributed by atoms with van der Waals surface area (Å²) in [6.45, 7) is 0. The van der Waals surface area contributed by atoms with Crippen molar-refractivity contribution in [2.75, 3.05) is 5.01 Å². The molecule has 0 spiro atoms. The predicted octanol–water partition coefficient (Wildman–Crippen LogP) is 1.85. The topological polar surface area (TPSA) is 59.1 Å². The van der Waals surface area contributed by atoms with E-state index in [9.17, 15) is 0 Å². The molecule has 4 nitrogen and oxygen atoms in total. The van der Waals surface area contributed by atoms with Crippen molar-refractivity contribution in [1.29, 1.82) is 0 Å². The fourth-order valence-corrected chi connectivity index (χ4v) is 1.78. The first-order chi connectivity index (χ1) is 7.95. The van der Waals surface area contributed by atoms with Crippen LogP contribution in [0.25, 0.3) is 0 Å². The number of anilines is 2. The molecule has 17 heavy (non-hydrogen) atoms. The molecule has 3 N–H and O–H groups in total. The average molecular weight is 227 g/mol. The minimum Gasteiger partial charge on any atom is -0.412 e. The van der Waals surface area contributed by atoms with Crippen LogP contribution in [0.1, 0.15) is 5.56 Å². The summed E-state index contributed by atoms with van der Waals surface area (Å²) in [6.07, 6.45) is 1.83. The van der Waals surface area contributed by atoms with Gasteiger partial charge in [0.25, 0.3) is 0 Å². The highest BCUT2D eigenvalue weighted by atomic mass is 16.0. The van der Waals surface area contributed by atoms with Gasteiger partial charge in [-0.1, -0.05) is 36.4 Å². The van der Waals surface area contributed by atoms with E-state index < -0.39 is 0 Å². The molecule has 0 unspecified atom stereocenters. The molecule has 0 fully saturated rings.